The van der Waals surface area contributed by atoms with E-state index in [0.717, 1.165) is 0 Å². The molecule has 18 heavy (non-hydrogen) atoms. The first kappa shape index (κ1) is 14.8. The van der Waals surface area contributed by atoms with Crippen LogP contribution in [0.2, 0.25) is 0 Å². The Morgan fingerprint density at radius 3 is 2.61 bits per heavy atom. The maximum Gasteiger partial charge on any atom is 0.340 e. The molecule has 0 aliphatic heterocycles. The number of hydrogen-bond acceptors (Lipinski definition) is 5. The van der Waals surface area contributed by atoms with E-state index in [0.29, 0.717) is 5.82 Å². The van der Waals surface area contributed by atoms with Crippen molar-refractivity contribution in [3.8, 4) is 5.88 Å². The number of ether oxygens (including phenoxy) is 1. The fraction of sp³-hybridized carbons (Fsp3) is 0.556. The van der Waals surface area contributed by atoms with Crippen LogP contribution < -0.4 is 10.1 Å². The second kappa shape index (κ2) is 6.07. The lowest BCUT2D eigenvalue weighted by molar-refractivity contribution is -0.148. The number of rotatable bonds is 6. The van der Waals surface area contributed by atoms with Crippen LogP contribution in [0.25, 0.3) is 0 Å². The van der Waals surface area contributed by atoms with E-state index in [-0.39, 0.29) is 11.0 Å². The van der Waals surface area contributed by atoms with Gasteiger partial charge in [0.25, 0.3) is 0 Å². The van der Waals surface area contributed by atoms with Gasteiger partial charge in [-0.1, -0.05) is 11.8 Å². The molecule has 0 spiro atoms. The first-order valence-electron chi connectivity index (χ1n) is 4.78. The summed E-state index contributed by atoms with van der Waals surface area (Å²) in [5, 5.41) is 2.97. The van der Waals surface area contributed by atoms with Gasteiger partial charge in [-0.05, 0) is 6.26 Å². The number of anilines is 1. The summed E-state index contributed by atoms with van der Waals surface area (Å²) in [5.41, 5.74) is 0. The molecular weight excluding hydrogens is 274 g/mol. The number of hydrogen-bond donors (Lipinski definition) is 1. The third kappa shape index (κ3) is 3.90. The van der Waals surface area contributed by atoms with Crippen molar-refractivity contribution in [3.63, 3.8) is 0 Å². The number of aromatic nitrogens is 2. The van der Waals surface area contributed by atoms with Gasteiger partial charge in [-0.25, -0.2) is 13.8 Å². The van der Waals surface area contributed by atoms with Gasteiger partial charge < -0.3 is 10.1 Å². The predicted molar refractivity (Wildman–Crippen MR) is 59.8 cm³/mol. The Bertz CT molecular complexity index is 383. The van der Waals surface area contributed by atoms with Crippen LogP contribution in [0.15, 0.2) is 11.2 Å². The molecule has 9 heteroatoms. The fourth-order valence-corrected chi connectivity index (χ4v) is 1.30. The van der Waals surface area contributed by atoms with Crippen molar-refractivity contribution in [2.24, 2.45) is 0 Å². The van der Waals surface area contributed by atoms with Crippen LogP contribution >= 0.6 is 11.8 Å². The van der Waals surface area contributed by atoms with E-state index >= 15 is 0 Å². The SMILES string of the molecule is CNc1cc(OCC(F)(F)C(F)F)nc(SC)n1. The zero-order valence-corrected chi connectivity index (χ0v) is 10.4. The van der Waals surface area contributed by atoms with Crippen LogP contribution in [-0.4, -0.2) is 42.2 Å². The Hall–Kier alpha value is -1.25. The minimum Gasteiger partial charge on any atom is -0.471 e. The van der Waals surface area contributed by atoms with Crippen molar-refractivity contribution >= 4 is 17.6 Å². The average molecular weight is 285 g/mol. The minimum atomic E-state index is -4.20. The van der Waals surface area contributed by atoms with Gasteiger partial charge in [-0.2, -0.15) is 13.8 Å². The van der Waals surface area contributed by atoms with Crippen molar-refractivity contribution < 1.29 is 22.3 Å². The van der Waals surface area contributed by atoms with E-state index < -0.39 is 19.0 Å². The molecule has 4 nitrogen and oxygen atoms in total. The second-order valence-electron chi connectivity index (χ2n) is 3.18. The molecule has 0 amide bonds. The van der Waals surface area contributed by atoms with Gasteiger partial charge >= 0.3 is 12.3 Å². The quantitative estimate of drug-likeness (QED) is 0.494. The van der Waals surface area contributed by atoms with Crippen molar-refractivity contribution in [1.82, 2.24) is 9.97 Å². The summed E-state index contributed by atoms with van der Waals surface area (Å²) in [6.07, 6.45) is -2.09. The standard InChI is InChI=1S/C9H11F4N3OS/c1-14-5-3-6(16-8(15-5)18-2)17-4-9(12,13)7(10)11/h3,7H,4H2,1-2H3,(H,14,15,16). The normalized spacial score (nSPS) is 11.7. The van der Waals surface area contributed by atoms with Crippen molar-refractivity contribution in [1.29, 1.82) is 0 Å². The average Bonchev–Trinajstić information content (AvgIpc) is 2.35. The summed E-state index contributed by atoms with van der Waals surface area (Å²) in [5.74, 6) is -4.03. The van der Waals surface area contributed by atoms with Gasteiger partial charge in [0.05, 0.1) is 0 Å². The number of thioether (sulfide) groups is 1. The maximum absolute atomic E-state index is 12.7. The summed E-state index contributed by atoms with van der Waals surface area (Å²) in [4.78, 5) is 7.75. The molecule has 0 aromatic carbocycles. The van der Waals surface area contributed by atoms with Gasteiger partial charge in [-0.15, -0.1) is 0 Å². The molecule has 0 aliphatic carbocycles. The number of nitrogens with zero attached hydrogens (tertiary/aromatic N) is 2. The maximum atomic E-state index is 12.7. The van der Waals surface area contributed by atoms with Crippen LogP contribution in [-0.2, 0) is 0 Å². The zero-order valence-electron chi connectivity index (χ0n) is 9.58. The molecule has 0 saturated heterocycles. The van der Waals surface area contributed by atoms with E-state index in [9.17, 15) is 17.6 Å². The largest absolute Gasteiger partial charge is 0.471 e. The Kier molecular flexibility index (Phi) is 5.00. The van der Waals surface area contributed by atoms with Crippen molar-refractivity contribution in [3.05, 3.63) is 6.07 Å². The summed E-state index contributed by atoms with van der Waals surface area (Å²) >= 11 is 1.17. The van der Waals surface area contributed by atoms with E-state index in [1.807, 2.05) is 0 Å². The number of nitrogens with one attached hydrogen (secondary N) is 1. The highest BCUT2D eigenvalue weighted by Crippen LogP contribution is 2.25. The Balaban J connectivity index is 2.78. The lowest BCUT2D eigenvalue weighted by Crippen LogP contribution is -2.33. The van der Waals surface area contributed by atoms with Gasteiger partial charge in [0.15, 0.2) is 11.8 Å². The predicted octanol–water partition coefficient (Wildman–Crippen LogP) is 2.52. The minimum absolute atomic E-state index is 0.181. The molecule has 0 bridgehead atoms. The summed E-state index contributed by atoms with van der Waals surface area (Å²) in [7, 11) is 1.57. The molecule has 0 atom stereocenters. The number of halogens is 4. The first-order valence-corrected chi connectivity index (χ1v) is 6.01. The van der Waals surface area contributed by atoms with Crippen LogP contribution in [0.3, 0.4) is 0 Å². The van der Waals surface area contributed by atoms with E-state index in [2.05, 4.69) is 20.0 Å². The lowest BCUT2D eigenvalue weighted by Gasteiger charge is -2.15. The summed E-state index contributed by atoms with van der Waals surface area (Å²) in [6, 6.07) is 1.25. The first-order chi connectivity index (χ1) is 8.39. The van der Waals surface area contributed by atoms with Gasteiger partial charge in [0.1, 0.15) is 5.82 Å². The summed E-state index contributed by atoms with van der Waals surface area (Å²) < 4.78 is 53.8. The topological polar surface area (TPSA) is 47.0 Å². The molecule has 1 aromatic heterocycles. The Morgan fingerprint density at radius 1 is 1.44 bits per heavy atom. The smallest absolute Gasteiger partial charge is 0.340 e. The van der Waals surface area contributed by atoms with Gasteiger partial charge in [-0.3, -0.25) is 0 Å². The molecular formula is C9H11F4N3OS. The second-order valence-corrected chi connectivity index (χ2v) is 3.95. The highest BCUT2D eigenvalue weighted by atomic mass is 32.2. The van der Waals surface area contributed by atoms with Gasteiger partial charge in [0.2, 0.25) is 5.88 Å². The molecule has 1 aromatic rings. The van der Waals surface area contributed by atoms with Gasteiger partial charge in [0, 0.05) is 13.1 Å². The van der Waals surface area contributed by atoms with Crippen LogP contribution in [0.5, 0.6) is 5.88 Å². The molecule has 1 rings (SSSR count). The summed E-state index contributed by atoms with van der Waals surface area (Å²) in [6.45, 7) is -1.43. The Morgan fingerprint density at radius 2 is 2.11 bits per heavy atom. The van der Waals surface area contributed by atoms with E-state index in [1.54, 1.807) is 13.3 Å². The highest BCUT2D eigenvalue weighted by Gasteiger charge is 2.41. The van der Waals surface area contributed by atoms with E-state index in [4.69, 9.17) is 0 Å². The number of alkyl halides is 4. The highest BCUT2D eigenvalue weighted by molar-refractivity contribution is 7.98. The zero-order chi connectivity index (χ0) is 13.8. The molecule has 0 aliphatic rings. The monoisotopic (exact) mass is 285 g/mol. The molecule has 102 valence electrons. The Labute approximate surface area is 105 Å². The molecule has 0 radical (unpaired) electrons. The third-order valence-corrected chi connectivity index (χ3v) is 2.40. The lowest BCUT2D eigenvalue weighted by atomic mass is 10.4. The van der Waals surface area contributed by atoms with E-state index in [1.165, 1.54) is 17.8 Å². The van der Waals surface area contributed by atoms with Crippen molar-refractivity contribution in [2.45, 2.75) is 17.5 Å². The third-order valence-electron chi connectivity index (χ3n) is 1.85. The van der Waals surface area contributed by atoms with Crippen molar-refractivity contribution in [2.75, 3.05) is 25.2 Å². The van der Waals surface area contributed by atoms with Crippen LogP contribution in [0.4, 0.5) is 23.4 Å². The van der Waals surface area contributed by atoms with Crippen LogP contribution in [0, 0.1) is 0 Å². The molecule has 1 N–H and O–H groups in total. The molecule has 0 fully saturated rings. The fourth-order valence-electron chi connectivity index (χ4n) is 0.930. The molecule has 1 heterocycles. The molecule has 0 saturated carbocycles. The van der Waals surface area contributed by atoms with Crippen LogP contribution in [0.1, 0.15) is 0 Å². The molecule has 0 unspecified atom stereocenters.